The van der Waals surface area contributed by atoms with Gasteiger partial charge < -0.3 is 14.5 Å². The number of hydrogen-bond donors (Lipinski definition) is 0. The number of carbonyl (C=O) groups excluding carboxylic acids is 1. The van der Waals surface area contributed by atoms with E-state index in [1.165, 1.54) is 11.8 Å². The van der Waals surface area contributed by atoms with Gasteiger partial charge in [0.05, 0.1) is 16.8 Å². The van der Waals surface area contributed by atoms with Crippen molar-refractivity contribution in [2.45, 2.75) is 77.1 Å². The standard InChI is InChI=1S/C23H32FN5O2S/c1-6-15-18(24)19-17-16(25-15)10-8-9-14-13-28(22(30)31-23(3,4)5)11-12-29(14)20(17)27-21(26-19)32-7-2/h14H,6-13H2,1-5H3. The normalized spacial score (nSPS) is 18.9. The Labute approximate surface area is 193 Å². The summed E-state index contributed by atoms with van der Waals surface area (Å²) in [6, 6.07) is 0.0934. The Morgan fingerprint density at radius 3 is 2.69 bits per heavy atom. The molecular weight excluding hydrogens is 429 g/mol. The van der Waals surface area contributed by atoms with Gasteiger partial charge in [-0.3, -0.25) is 4.98 Å². The van der Waals surface area contributed by atoms with Gasteiger partial charge in [-0.05, 0) is 52.2 Å². The van der Waals surface area contributed by atoms with E-state index in [1.807, 2.05) is 34.6 Å². The third kappa shape index (κ3) is 4.49. The minimum atomic E-state index is -0.528. The summed E-state index contributed by atoms with van der Waals surface area (Å²) in [6.45, 7) is 11.3. The van der Waals surface area contributed by atoms with Crippen molar-refractivity contribution in [3.63, 3.8) is 0 Å². The molecule has 0 spiro atoms. The van der Waals surface area contributed by atoms with Gasteiger partial charge in [0.15, 0.2) is 11.0 Å². The molecule has 0 saturated carbocycles. The Bertz CT molecular complexity index is 1030. The molecule has 7 nitrogen and oxygen atoms in total. The van der Waals surface area contributed by atoms with E-state index in [4.69, 9.17) is 9.72 Å². The fraction of sp³-hybridized carbons (Fsp3) is 0.652. The van der Waals surface area contributed by atoms with Crippen LogP contribution in [0.2, 0.25) is 0 Å². The van der Waals surface area contributed by atoms with Gasteiger partial charge in [-0.2, -0.15) is 0 Å². The van der Waals surface area contributed by atoms with Crippen LogP contribution < -0.4 is 4.90 Å². The first-order valence-corrected chi connectivity index (χ1v) is 12.5. The molecule has 0 radical (unpaired) electrons. The zero-order valence-corrected chi connectivity index (χ0v) is 20.4. The smallest absolute Gasteiger partial charge is 0.410 e. The Hall–Kier alpha value is -2.16. The number of amides is 1. The van der Waals surface area contributed by atoms with Crippen molar-refractivity contribution < 1.29 is 13.9 Å². The highest BCUT2D eigenvalue weighted by Gasteiger charge is 2.35. The molecule has 32 heavy (non-hydrogen) atoms. The fourth-order valence-corrected chi connectivity index (χ4v) is 5.02. The van der Waals surface area contributed by atoms with Crippen LogP contribution in [0.15, 0.2) is 5.16 Å². The Morgan fingerprint density at radius 2 is 2.00 bits per heavy atom. The van der Waals surface area contributed by atoms with Crippen LogP contribution in [-0.2, 0) is 17.6 Å². The van der Waals surface area contributed by atoms with Gasteiger partial charge in [-0.25, -0.2) is 19.2 Å². The third-order valence-electron chi connectivity index (χ3n) is 5.85. The number of aromatic nitrogens is 3. The zero-order chi connectivity index (χ0) is 23.0. The number of pyridine rings is 1. The lowest BCUT2D eigenvalue weighted by Gasteiger charge is -2.43. The van der Waals surface area contributed by atoms with E-state index >= 15 is 4.39 Å². The van der Waals surface area contributed by atoms with Gasteiger partial charge in [-0.1, -0.05) is 25.6 Å². The van der Waals surface area contributed by atoms with E-state index in [1.54, 1.807) is 4.90 Å². The summed E-state index contributed by atoms with van der Waals surface area (Å²) in [5.41, 5.74) is 1.20. The SMILES string of the molecule is CCSc1nc2c3c(nc(CC)c(F)c3n1)CCCC1CN(C(=O)OC(C)(C)C)CCN21. The molecule has 4 heterocycles. The number of rotatable bonds is 3. The molecule has 0 aliphatic carbocycles. The summed E-state index contributed by atoms with van der Waals surface area (Å²) in [4.78, 5) is 30.8. The van der Waals surface area contributed by atoms with E-state index in [0.717, 1.165) is 41.9 Å². The molecule has 1 atom stereocenters. The number of hydrogen-bond acceptors (Lipinski definition) is 7. The fourth-order valence-electron chi connectivity index (χ4n) is 4.45. The van der Waals surface area contributed by atoms with E-state index in [-0.39, 0.29) is 18.0 Å². The van der Waals surface area contributed by atoms with Crippen molar-refractivity contribution in [3.8, 4) is 0 Å². The summed E-state index contributed by atoms with van der Waals surface area (Å²) in [6.07, 6.45) is 2.81. The quantitative estimate of drug-likeness (QED) is 0.489. The predicted molar refractivity (Wildman–Crippen MR) is 125 cm³/mol. The van der Waals surface area contributed by atoms with Crippen LogP contribution >= 0.6 is 11.8 Å². The summed E-state index contributed by atoms with van der Waals surface area (Å²) in [5, 5.41) is 1.32. The number of aryl methyl sites for hydroxylation is 2. The number of piperazine rings is 1. The van der Waals surface area contributed by atoms with Crippen molar-refractivity contribution in [3.05, 3.63) is 17.2 Å². The Kier molecular flexibility index (Phi) is 6.47. The minimum Gasteiger partial charge on any atom is -0.444 e. The monoisotopic (exact) mass is 461 g/mol. The molecule has 1 saturated heterocycles. The molecule has 2 aromatic heterocycles. The number of carbonyl (C=O) groups is 1. The van der Waals surface area contributed by atoms with E-state index in [0.29, 0.717) is 42.4 Å². The van der Waals surface area contributed by atoms with Crippen LogP contribution in [0.4, 0.5) is 15.0 Å². The van der Waals surface area contributed by atoms with Crippen LogP contribution in [0.3, 0.4) is 0 Å². The van der Waals surface area contributed by atoms with Gasteiger partial charge in [-0.15, -0.1) is 0 Å². The van der Waals surface area contributed by atoms with Gasteiger partial charge in [0.2, 0.25) is 0 Å². The minimum absolute atomic E-state index is 0.0934. The van der Waals surface area contributed by atoms with E-state index < -0.39 is 5.60 Å². The van der Waals surface area contributed by atoms with Crippen molar-refractivity contribution in [1.29, 1.82) is 0 Å². The highest BCUT2D eigenvalue weighted by molar-refractivity contribution is 7.99. The molecule has 0 bridgehead atoms. The molecule has 1 fully saturated rings. The highest BCUT2D eigenvalue weighted by atomic mass is 32.2. The Morgan fingerprint density at radius 1 is 1.22 bits per heavy atom. The lowest BCUT2D eigenvalue weighted by Crippen LogP contribution is -2.56. The molecule has 2 aromatic rings. The molecule has 174 valence electrons. The first-order valence-electron chi connectivity index (χ1n) is 11.5. The number of halogens is 1. The predicted octanol–water partition coefficient (Wildman–Crippen LogP) is 4.60. The molecule has 4 rings (SSSR count). The van der Waals surface area contributed by atoms with Crippen molar-refractivity contribution in [2.24, 2.45) is 0 Å². The van der Waals surface area contributed by atoms with Crippen molar-refractivity contribution in [1.82, 2.24) is 19.9 Å². The first-order chi connectivity index (χ1) is 15.2. The number of thioether (sulfide) groups is 1. The summed E-state index contributed by atoms with van der Waals surface area (Å²) < 4.78 is 20.9. The number of nitrogens with zero attached hydrogens (tertiary/aromatic N) is 5. The summed E-state index contributed by atoms with van der Waals surface area (Å²) >= 11 is 1.51. The number of fused-ring (bicyclic) bond motifs is 2. The largest absolute Gasteiger partial charge is 0.444 e. The lowest BCUT2D eigenvalue weighted by molar-refractivity contribution is 0.0211. The van der Waals surface area contributed by atoms with E-state index in [9.17, 15) is 4.79 Å². The molecule has 0 aromatic carbocycles. The molecule has 2 aliphatic rings. The third-order valence-corrected chi connectivity index (χ3v) is 6.58. The maximum atomic E-state index is 15.3. The van der Waals surface area contributed by atoms with Crippen molar-refractivity contribution >= 4 is 34.6 Å². The second kappa shape index (κ2) is 9.00. The average molecular weight is 462 g/mol. The first kappa shape index (κ1) is 23.0. The second-order valence-corrected chi connectivity index (χ2v) is 10.6. The maximum absolute atomic E-state index is 15.3. The molecule has 1 amide bonds. The summed E-state index contributed by atoms with van der Waals surface area (Å²) in [5.74, 6) is 1.22. The topological polar surface area (TPSA) is 71.5 Å². The molecule has 1 unspecified atom stereocenters. The lowest BCUT2D eigenvalue weighted by atomic mass is 9.98. The number of ether oxygens (including phenoxy) is 1. The summed E-state index contributed by atoms with van der Waals surface area (Å²) in [7, 11) is 0. The average Bonchev–Trinajstić information content (AvgIpc) is 2.72. The van der Waals surface area contributed by atoms with Crippen LogP contribution in [0.5, 0.6) is 0 Å². The molecular formula is C23H32FN5O2S. The van der Waals surface area contributed by atoms with Crippen LogP contribution in [0.25, 0.3) is 10.9 Å². The van der Waals surface area contributed by atoms with Gasteiger partial charge >= 0.3 is 6.09 Å². The maximum Gasteiger partial charge on any atom is 0.410 e. The molecule has 0 N–H and O–H groups in total. The number of anilines is 1. The zero-order valence-electron chi connectivity index (χ0n) is 19.6. The van der Waals surface area contributed by atoms with Gasteiger partial charge in [0, 0.05) is 25.7 Å². The van der Waals surface area contributed by atoms with Crippen molar-refractivity contribution in [2.75, 3.05) is 30.3 Å². The van der Waals surface area contributed by atoms with Crippen LogP contribution in [-0.4, -0.2) is 63.0 Å². The Balaban J connectivity index is 1.77. The highest BCUT2D eigenvalue weighted by Crippen LogP contribution is 2.36. The van der Waals surface area contributed by atoms with Gasteiger partial charge in [0.25, 0.3) is 0 Å². The second-order valence-electron chi connectivity index (χ2n) is 9.32. The molecule has 9 heteroatoms. The van der Waals surface area contributed by atoms with Crippen LogP contribution in [0.1, 0.15) is 58.8 Å². The van der Waals surface area contributed by atoms with E-state index in [2.05, 4.69) is 14.9 Å². The van der Waals surface area contributed by atoms with Gasteiger partial charge in [0.1, 0.15) is 16.9 Å². The molecule has 2 aliphatic heterocycles. The van der Waals surface area contributed by atoms with Crippen LogP contribution in [0, 0.1) is 5.82 Å².